The number of aromatic nitrogens is 2. The molecule has 4 nitrogen and oxygen atoms in total. The molecule has 17 heavy (non-hydrogen) atoms. The van der Waals surface area contributed by atoms with E-state index >= 15 is 0 Å². The monoisotopic (exact) mass is 254 g/mol. The number of carbonyl (C=O) groups excluding carboxylic acids is 1. The van der Waals surface area contributed by atoms with Gasteiger partial charge in [0.15, 0.2) is 6.29 Å². The molecule has 5 heteroatoms. The zero-order valence-electron chi connectivity index (χ0n) is 11.2. The predicted octanol–water partition coefficient (Wildman–Crippen LogP) is 2.57. The van der Waals surface area contributed by atoms with Crippen molar-refractivity contribution in [1.82, 2.24) is 9.78 Å². The Morgan fingerprint density at radius 2 is 2.18 bits per heavy atom. The molecule has 96 valence electrons. The molecular formula is C12H22N2O2Si. The second-order valence-electron chi connectivity index (χ2n) is 5.38. The van der Waals surface area contributed by atoms with Crippen LogP contribution in [0.5, 0.6) is 0 Å². The van der Waals surface area contributed by atoms with E-state index < -0.39 is 8.07 Å². The first-order valence-electron chi connectivity index (χ1n) is 6.06. The third-order valence-electron chi connectivity index (χ3n) is 2.55. The molecule has 0 atom stereocenters. The third-order valence-corrected chi connectivity index (χ3v) is 4.26. The Kier molecular flexibility index (Phi) is 5.08. The molecule has 0 radical (unpaired) electrons. The van der Waals surface area contributed by atoms with E-state index in [9.17, 15) is 4.79 Å². The molecule has 0 spiro atoms. The van der Waals surface area contributed by atoms with Crippen LogP contribution in [-0.4, -0.2) is 30.7 Å². The van der Waals surface area contributed by atoms with Crippen molar-refractivity contribution in [2.45, 2.75) is 45.8 Å². The Labute approximate surface area is 104 Å². The minimum Gasteiger partial charge on any atom is -0.360 e. The highest BCUT2D eigenvalue weighted by molar-refractivity contribution is 6.76. The van der Waals surface area contributed by atoms with Gasteiger partial charge >= 0.3 is 0 Å². The van der Waals surface area contributed by atoms with Crippen molar-refractivity contribution in [3.8, 4) is 0 Å². The summed E-state index contributed by atoms with van der Waals surface area (Å²) in [5, 5.41) is 4.31. The van der Waals surface area contributed by atoms with E-state index in [1.807, 2.05) is 13.0 Å². The highest BCUT2D eigenvalue weighted by Gasteiger charge is 2.12. The summed E-state index contributed by atoms with van der Waals surface area (Å²) in [6, 6.07) is 2.94. The number of hydrogen-bond donors (Lipinski definition) is 0. The fraction of sp³-hybridized carbons (Fsp3) is 0.667. The molecule has 0 aliphatic heterocycles. The van der Waals surface area contributed by atoms with Crippen LogP contribution in [0.1, 0.15) is 23.1 Å². The zero-order chi connectivity index (χ0) is 12.9. The van der Waals surface area contributed by atoms with Gasteiger partial charge in [0, 0.05) is 14.7 Å². The largest absolute Gasteiger partial charge is 0.360 e. The number of ether oxygens (including phenoxy) is 1. The van der Waals surface area contributed by atoms with Crippen LogP contribution in [0.15, 0.2) is 6.07 Å². The second kappa shape index (κ2) is 6.12. The van der Waals surface area contributed by atoms with Crippen LogP contribution < -0.4 is 0 Å². The third kappa shape index (κ3) is 4.83. The average Bonchev–Trinajstić information content (AvgIpc) is 2.65. The molecule has 0 bridgehead atoms. The van der Waals surface area contributed by atoms with Crippen molar-refractivity contribution in [1.29, 1.82) is 0 Å². The summed E-state index contributed by atoms with van der Waals surface area (Å²) in [4.78, 5) is 10.8. The normalized spacial score (nSPS) is 11.8. The Balaban J connectivity index is 2.46. The number of hydrogen-bond acceptors (Lipinski definition) is 3. The Hall–Kier alpha value is -0.943. The molecule has 0 aromatic carbocycles. The maximum atomic E-state index is 10.8. The number of carbonyl (C=O) groups is 1. The molecule has 1 rings (SSSR count). The van der Waals surface area contributed by atoms with Gasteiger partial charge in [-0.2, -0.15) is 5.10 Å². The van der Waals surface area contributed by atoms with Crippen LogP contribution in [0, 0.1) is 0 Å². The topological polar surface area (TPSA) is 44.1 Å². The van der Waals surface area contributed by atoms with Gasteiger partial charge in [0.1, 0.15) is 12.4 Å². The van der Waals surface area contributed by atoms with E-state index in [4.69, 9.17) is 4.74 Å². The molecular weight excluding hydrogens is 232 g/mol. The highest BCUT2D eigenvalue weighted by atomic mass is 28.3. The lowest BCUT2D eigenvalue weighted by Gasteiger charge is -2.15. The van der Waals surface area contributed by atoms with Crippen molar-refractivity contribution in [2.24, 2.45) is 0 Å². The number of rotatable bonds is 7. The number of nitrogens with zero attached hydrogens (tertiary/aromatic N) is 2. The van der Waals surface area contributed by atoms with Crippen molar-refractivity contribution in [2.75, 3.05) is 6.61 Å². The second-order valence-corrected chi connectivity index (χ2v) is 11.0. The van der Waals surface area contributed by atoms with Crippen molar-refractivity contribution < 1.29 is 9.53 Å². The summed E-state index contributed by atoms with van der Waals surface area (Å²) < 4.78 is 7.21. The van der Waals surface area contributed by atoms with Crippen LogP contribution in [0.3, 0.4) is 0 Å². The molecule has 0 N–H and O–H groups in total. The Morgan fingerprint density at radius 1 is 1.47 bits per heavy atom. The standard InChI is InChI=1S/C12H22N2O2Si/c1-5-11-8-12(9-15)14(13-11)10-16-6-7-17(2,3)4/h8-9H,5-7,10H2,1-4H3. The van der Waals surface area contributed by atoms with Crippen molar-refractivity contribution in [3.05, 3.63) is 17.5 Å². The van der Waals surface area contributed by atoms with Crippen LogP contribution in [0.2, 0.25) is 25.7 Å². The van der Waals surface area contributed by atoms with Gasteiger partial charge in [-0.25, -0.2) is 4.68 Å². The summed E-state index contributed by atoms with van der Waals surface area (Å²) in [7, 11) is -1.04. The van der Waals surface area contributed by atoms with Gasteiger partial charge in [-0.3, -0.25) is 4.79 Å². The lowest BCUT2D eigenvalue weighted by molar-refractivity contribution is 0.0751. The van der Waals surface area contributed by atoms with E-state index in [0.29, 0.717) is 12.4 Å². The summed E-state index contributed by atoms with van der Waals surface area (Å²) in [6.45, 7) is 10.1. The predicted molar refractivity (Wildman–Crippen MR) is 71.1 cm³/mol. The smallest absolute Gasteiger partial charge is 0.168 e. The minimum absolute atomic E-state index is 0.374. The molecule has 1 aromatic heterocycles. The first-order valence-corrected chi connectivity index (χ1v) is 9.76. The van der Waals surface area contributed by atoms with Gasteiger partial charge in [-0.05, 0) is 18.5 Å². The van der Waals surface area contributed by atoms with Gasteiger partial charge in [-0.15, -0.1) is 0 Å². The van der Waals surface area contributed by atoms with Crippen molar-refractivity contribution in [3.63, 3.8) is 0 Å². The molecule has 0 unspecified atom stereocenters. The summed E-state index contributed by atoms with van der Waals surface area (Å²) in [5.74, 6) is 0. The maximum Gasteiger partial charge on any atom is 0.168 e. The van der Waals surface area contributed by atoms with E-state index in [0.717, 1.165) is 31.1 Å². The lowest BCUT2D eigenvalue weighted by Crippen LogP contribution is -2.22. The molecule has 1 aromatic rings. The van der Waals surface area contributed by atoms with E-state index in [2.05, 4.69) is 24.7 Å². The minimum atomic E-state index is -1.04. The van der Waals surface area contributed by atoms with Gasteiger partial charge in [0.05, 0.1) is 5.69 Å². The summed E-state index contributed by atoms with van der Waals surface area (Å²) >= 11 is 0. The van der Waals surface area contributed by atoms with E-state index in [1.165, 1.54) is 0 Å². The van der Waals surface area contributed by atoms with Gasteiger partial charge in [0.2, 0.25) is 0 Å². The van der Waals surface area contributed by atoms with Crippen LogP contribution in [-0.2, 0) is 17.9 Å². The fourth-order valence-corrected chi connectivity index (χ4v) is 2.14. The van der Waals surface area contributed by atoms with Crippen LogP contribution in [0.25, 0.3) is 0 Å². The first-order chi connectivity index (χ1) is 7.96. The average molecular weight is 254 g/mol. The molecule has 1 heterocycles. The lowest BCUT2D eigenvalue weighted by atomic mass is 10.3. The first kappa shape index (κ1) is 14.1. The van der Waals surface area contributed by atoms with Gasteiger partial charge < -0.3 is 4.74 Å². The summed E-state index contributed by atoms with van der Waals surface area (Å²) in [6.07, 6.45) is 1.66. The zero-order valence-corrected chi connectivity index (χ0v) is 12.2. The Morgan fingerprint density at radius 3 is 2.71 bits per heavy atom. The Bertz CT molecular complexity index is 369. The van der Waals surface area contributed by atoms with Gasteiger partial charge in [-0.1, -0.05) is 26.6 Å². The number of aryl methyl sites for hydroxylation is 1. The number of aldehydes is 1. The van der Waals surface area contributed by atoms with E-state index in [-0.39, 0.29) is 0 Å². The maximum absolute atomic E-state index is 10.8. The summed E-state index contributed by atoms with van der Waals surface area (Å²) in [5.41, 5.74) is 1.52. The van der Waals surface area contributed by atoms with Crippen LogP contribution >= 0.6 is 0 Å². The molecule has 0 saturated heterocycles. The van der Waals surface area contributed by atoms with E-state index in [1.54, 1.807) is 4.68 Å². The SMILES string of the molecule is CCc1cc(C=O)n(COCC[Si](C)(C)C)n1. The molecule has 0 fully saturated rings. The van der Waals surface area contributed by atoms with Crippen molar-refractivity contribution >= 4 is 14.4 Å². The van der Waals surface area contributed by atoms with Crippen LogP contribution in [0.4, 0.5) is 0 Å². The molecule has 0 saturated carbocycles. The highest BCUT2D eigenvalue weighted by Crippen LogP contribution is 2.08. The molecule has 0 aliphatic rings. The molecule has 0 amide bonds. The van der Waals surface area contributed by atoms with Gasteiger partial charge in [0.25, 0.3) is 0 Å². The molecule has 0 aliphatic carbocycles. The fourth-order valence-electron chi connectivity index (χ4n) is 1.39. The quantitative estimate of drug-likeness (QED) is 0.427.